The van der Waals surface area contributed by atoms with Crippen LogP contribution in [0, 0.1) is 5.92 Å². The summed E-state index contributed by atoms with van der Waals surface area (Å²) in [5, 5.41) is 3.46. The van der Waals surface area contributed by atoms with Crippen LogP contribution in [-0.2, 0) is 0 Å². The zero-order valence-corrected chi connectivity index (χ0v) is 9.22. The maximum Gasteiger partial charge on any atom is 0.0192 e. The van der Waals surface area contributed by atoms with Gasteiger partial charge < -0.3 is 11.1 Å². The monoisotopic (exact) mass is 184 g/mol. The first kappa shape index (κ1) is 12.7. The molecule has 0 amide bonds. The molecule has 0 aliphatic rings. The summed E-state index contributed by atoms with van der Waals surface area (Å²) in [6, 6.07) is 0.491. The molecule has 0 aromatic carbocycles. The molecule has 0 fully saturated rings. The Kier molecular flexibility index (Phi) is 8.05. The lowest BCUT2D eigenvalue weighted by Gasteiger charge is -2.18. The number of nitrogens with one attached hydrogen (secondary N) is 1. The summed E-state index contributed by atoms with van der Waals surface area (Å²) in [6.07, 6.45) is 6.54. The molecular weight excluding hydrogens is 160 g/mol. The fourth-order valence-electron chi connectivity index (χ4n) is 1.37. The summed E-state index contributed by atoms with van der Waals surface area (Å²) >= 11 is 0. The molecule has 2 nitrogen and oxygen atoms in total. The first-order valence-corrected chi connectivity index (χ1v) is 5.25. The molecule has 0 aromatic heterocycles. The van der Waals surface area contributed by atoms with Crippen molar-refractivity contribution in [3.8, 4) is 0 Å². The molecule has 3 N–H and O–H groups in total. The fourth-order valence-corrected chi connectivity index (χ4v) is 1.37. The zero-order chi connectivity index (χ0) is 10.1. The van der Waals surface area contributed by atoms with Gasteiger partial charge in [-0.05, 0) is 32.2 Å². The van der Waals surface area contributed by atoms with Crippen molar-refractivity contribution in [3.63, 3.8) is 0 Å². The van der Waals surface area contributed by atoms with E-state index in [0.29, 0.717) is 6.04 Å². The van der Waals surface area contributed by atoms with Crippen molar-refractivity contribution in [2.45, 2.75) is 39.7 Å². The van der Waals surface area contributed by atoms with Crippen LogP contribution in [0.4, 0.5) is 0 Å². The standard InChI is InChI=1S/C11H24N2/c1-4-5-6-7-13-11(9-12)8-10(2)3/h4-5,10-11,13H,6-9,12H2,1-3H3/b5-4+. The van der Waals surface area contributed by atoms with Crippen LogP contribution >= 0.6 is 0 Å². The molecule has 0 bridgehead atoms. The number of nitrogens with two attached hydrogens (primary N) is 1. The minimum Gasteiger partial charge on any atom is -0.329 e. The van der Waals surface area contributed by atoms with Crippen molar-refractivity contribution < 1.29 is 0 Å². The summed E-state index contributed by atoms with van der Waals surface area (Å²) in [7, 11) is 0. The van der Waals surface area contributed by atoms with Crippen molar-refractivity contribution in [3.05, 3.63) is 12.2 Å². The highest BCUT2D eigenvalue weighted by Crippen LogP contribution is 2.03. The normalized spacial score (nSPS) is 14.2. The van der Waals surface area contributed by atoms with Gasteiger partial charge in [0.1, 0.15) is 0 Å². The van der Waals surface area contributed by atoms with Gasteiger partial charge in [0.15, 0.2) is 0 Å². The lowest BCUT2D eigenvalue weighted by Crippen LogP contribution is -2.37. The van der Waals surface area contributed by atoms with Gasteiger partial charge in [0, 0.05) is 12.6 Å². The van der Waals surface area contributed by atoms with Gasteiger partial charge in [0.05, 0.1) is 0 Å². The lowest BCUT2D eigenvalue weighted by atomic mass is 10.0. The topological polar surface area (TPSA) is 38.0 Å². The Labute approximate surface area is 82.6 Å². The molecule has 1 atom stereocenters. The first-order valence-electron chi connectivity index (χ1n) is 5.25. The first-order chi connectivity index (χ1) is 6.20. The predicted octanol–water partition coefficient (Wildman–Crippen LogP) is 1.92. The van der Waals surface area contributed by atoms with E-state index in [2.05, 4.69) is 38.2 Å². The SMILES string of the molecule is C/C=C/CCNC(CN)CC(C)C. The van der Waals surface area contributed by atoms with Gasteiger partial charge in [-0.3, -0.25) is 0 Å². The second-order valence-electron chi connectivity index (χ2n) is 3.87. The maximum atomic E-state index is 5.66. The molecule has 0 saturated carbocycles. The van der Waals surface area contributed by atoms with Crippen LogP contribution in [0.5, 0.6) is 0 Å². The van der Waals surface area contributed by atoms with Crippen molar-refractivity contribution >= 4 is 0 Å². The molecule has 78 valence electrons. The van der Waals surface area contributed by atoms with Gasteiger partial charge >= 0.3 is 0 Å². The predicted molar refractivity (Wildman–Crippen MR) is 59.7 cm³/mol. The van der Waals surface area contributed by atoms with Crippen molar-refractivity contribution in [1.82, 2.24) is 5.32 Å². The van der Waals surface area contributed by atoms with E-state index in [-0.39, 0.29) is 0 Å². The highest BCUT2D eigenvalue weighted by atomic mass is 14.9. The van der Waals surface area contributed by atoms with Crippen LogP contribution in [0.25, 0.3) is 0 Å². The van der Waals surface area contributed by atoms with E-state index in [1.54, 1.807) is 0 Å². The van der Waals surface area contributed by atoms with Gasteiger partial charge in [-0.15, -0.1) is 0 Å². The Morgan fingerprint density at radius 1 is 1.38 bits per heavy atom. The maximum absolute atomic E-state index is 5.66. The molecule has 13 heavy (non-hydrogen) atoms. The molecular formula is C11H24N2. The molecule has 0 spiro atoms. The van der Waals surface area contributed by atoms with E-state index in [0.717, 1.165) is 25.4 Å². The van der Waals surface area contributed by atoms with E-state index in [1.807, 2.05) is 0 Å². The third-order valence-corrected chi connectivity index (χ3v) is 2.02. The van der Waals surface area contributed by atoms with Gasteiger partial charge in [-0.25, -0.2) is 0 Å². The van der Waals surface area contributed by atoms with Crippen LogP contribution in [-0.4, -0.2) is 19.1 Å². The number of hydrogen-bond donors (Lipinski definition) is 2. The van der Waals surface area contributed by atoms with Crippen LogP contribution in [0.2, 0.25) is 0 Å². The van der Waals surface area contributed by atoms with Crippen LogP contribution in [0.15, 0.2) is 12.2 Å². The average Bonchev–Trinajstić information content (AvgIpc) is 2.09. The zero-order valence-electron chi connectivity index (χ0n) is 9.22. The Morgan fingerprint density at radius 2 is 2.08 bits per heavy atom. The summed E-state index contributed by atoms with van der Waals surface area (Å²) in [4.78, 5) is 0. The number of allylic oxidation sites excluding steroid dienone is 1. The number of rotatable bonds is 7. The third kappa shape index (κ3) is 8.00. The molecule has 0 heterocycles. The minimum atomic E-state index is 0.491. The van der Waals surface area contributed by atoms with E-state index in [9.17, 15) is 0 Å². The Balaban J connectivity index is 3.47. The molecule has 0 aliphatic heterocycles. The Morgan fingerprint density at radius 3 is 2.54 bits per heavy atom. The second-order valence-corrected chi connectivity index (χ2v) is 3.87. The Bertz CT molecular complexity index is 130. The summed E-state index contributed by atoms with van der Waals surface area (Å²) in [5.74, 6) is 0.725. The minimum absolute atomic E-state index is 0.491. The third-order valence-electron chi connectivity index (χ3n) is 2.02. The van der Waals surface area contributed by atoms with Gasteiger partial charge in [0.2, 0.25) is 0 Å². The van der Waals surface area contributed by atoms with Crippen LogP contribution < -0.4 is 11.1 Å². The van der Waals surface area contributed by atoms with E-state index in [1.165, 1.54) is 6.42 Å². The van der Waals surface area contributed by atoms with Gasteiger partial charge in [0.25, 0.3) is 0 Å². The second kappa shape index (κ2) is 8.27. The highest BCUT2D eigenvalue weighted by molar-refractivity contribution is 4.79. The summed E-state index contributed by atoms with van der Waals surface area (Å²) < 4.78 is 0. The molecule has 0 aromatic rings. The van der Waals surface area contributed by atoms with Crippen LogP contribution in [0.1, 0.15) is 33.6 Å². The van der Waals surface area contributed by atoms with Gasteiger partial charge in [-0.1, -0.05) is 26.0 Å². The Hall–Kier alpha value is -0.340. The summed E-state index contributed by atoms with van der Waals surface area (Å²) in [6.45, 7) is 8.30. The highest BCUT2D eigenvalue weighted by Gasteiger charge is 2.06. The van der Waals surface area contributed by atoms with Crippen molar-refractivity contribution in [1.29, 1.82) is 0 Å². The smallest absolute Gasteiger partial charge is 0.0192 e. The lowest BCUT2D eigenvalue weighted by molar-refractivity contribution is 0.427. The number of hydrogen-bond acceptors (Lipinski definition) is 2. The summed E-state index contributed by atoms with van der Waals surface area (Å²) in [5.41, 5.74) is 5.66. The molecule has 1 unspecified atom stereocenters. The largest absolute Gasteiger partial charge is 0.329 e. The van der Waals surface area contributed by atoms with Crippen molar-refractivity contribution in [2.24, 2.45) is 11.7 Å². The molecule has 2 heteroatoms. The quantitative estimate of drug-likeness (QED) is 0.468. The average molecular weight is 184 g/mol. The van der Waals surface area contributed by atoms with E-state index >= 15 is 0 Å². The van der Waals surface area contributed by atoms with Gasteiger partial charge in [-0.2, -0.15) is 0 Å². The fraction of sp³-hybridized carbons (Fsp3) is 0.818. The van der Waals surface area contributed by atoms with E-state index in [4.69, 9.17) is 5.73 Å². The van der Waals surface area contributed by atoms with Crippen LogP contribution in [0.3, 0.4) is 0 Å². The van der Waals surface area contributed by atoms with E-state index < -0.39 is 0 Å². The molecule has 0 radical (unpaired) electrons. The molecule has 0 aliphatic carbocycles. The van der Waals surface area contributed by atoms with Crippen molar-refractivity contribution in [2.75, 3.05) is 13.1 Å². The molecule has 0 saturated heterocycles. The molecule has 0 rings (SSSR count).